The highest BCUT2D eigenvalue weighted by Crippen LogP contribution is 2.38. The van der Waals surface area contributed by atoms with Gasteiger partial charge in [0.1, 0.15) is 12.1 Å². The Balaban J connectivity index is 1.37. The van der Waals surface area contributed by atoms with Crippen molar-refractivity contribution >= 4 is 17.8 Å². The smallest absolute Gasteiger partial charge is 0.333 e. The number of alkyl halides is 3. The van der Waals surface area contributed by atoms with E-state index in [1.165, 1.54) is 18.3 Å². The van der Waals surface area contributed by atoms with Gasteiger partial charge in [-0.1, -0.05) is 25.0 Å². The number of halogens is 3. The fraction of sp³-hybridized carbons (Fsp3) is 0.500. The van der Waals surface area contributed by atoms with E-state index in [0.29, 0.717) is 42.6 Å². The summed E-state index contributed by atoms with van der Waals surface area (Å²) < 4.78 is 38.9. The lowest BCUT2D eigenvalue weighted by atomic mass is 9.94. The second-order valence-corrected chi connectivity index (χ2v) is 9.48. The van der Waals surface area contributed by atoms with E-state index in [0.717, 1.165) is 42.7 Å². The third-order valence-electron chi connectivity index (χ3n) is 7.34. The highest BCUT2D eigenvalue weighted by atomic mass is 19.4. The van der Waals surface area contributed by atoms with Crippen LogP contribution in [0, 0.1) is 0 Å². The molecule has 1 aromatic carbocycles. The van der Waals surface area contributed by atoms with E-state index in [1.807, 2.05) is 0 Å². The van der Waals surface area contributed by atoms with Gasteiger partial charge >= 0.3 is 12.2 Å². The minimum atomic E-state index is -4.43. The first-order valence-corrected chi connectivity index (χ1v) is 11.8. The average Bonchev–Trinajstić information content (AvgIpc) is 3.56. The number of hydrogen-bond acceptors (Lipinski definition) is 4. The number of aromatic amines is 1. The summed E-state index contributed by atoms with van der Waals surface area (Å²) in [6.07, 6.45) is 2.24. The Labute approximate surface area is 199 Å². The average molecular weight is 489 g/mol. The number of urea groups is 1. The second kappa shape index (κ2) is 8.69. The van der Waals surface area contributed by atoms with Gasteiger partial charge in [-0.15, -0.1) is 0 Å². The molecule has 0 bridgehead atoms. The molecule has 5 rings (SSSR count). The molecule has 3 fully saturated rings. The van der Waals surface area contributed by atoms with Crippen LogP contribution >= 0.6 is 0 Å². The van der Waals surface area contributed by atoms with Crippen molar-refractivity contribution in [3.63, 3.8) is 0 Å². The van der Waals surface area contributed by atoms with E-state index in [4.69, 9.17) is 0 Å². The van der Waals surface area contributed by atoms with Crippen molar-refractivity contribution in [1.82, 2.24) is 25.3 Å². The predicted molar refractivity (Wildman–Crippen MR) is 119 cm³/mol. The first kappa shape index (κ1) is 23.4. The Morgan fingerprint density at radius 3 is 2.49 bits per heavy atom. The number of nitrogens with zero attached hydrogens (tertiary/aromatic N) is 3. The monoisotopic (exact) mass is 489 g/mol. The fourth-order valence-corrected chi connectivity index (χ4v) is 5.51. The number of nitrogens with one attached hydrogen (secondary N) is 2. The number of H-pyrrole nitrogens is 1. The largest absolute Gasteiger partial charge is 0.416 e. The van der Waals surface area contributed by atoms with Crippen molar-refractivity contribution in [3.8, 4) is 11.1 Å². The van der Waals surface area contributed by atoms with Crippen LogP contribution in [-0.2, 0) is 15.8 Å². The molecule has 1 atom stereocenters. The second-order valence-electron chi connectivity index (χ2n) is 9.48. The number of rotatable bonds is 4. The van der Waals surface area contributed by atoms with Crippen LogP contribution in [0.3, 0.4) is 0 Å². The molecule has 3 heterocycles. The van der Waals surface area contributed by atoms with Crippen LogP contribution in [0.5, 0.6) is 0 Å². The van der Waals surface area contributed by atoms with E-state index < -0.39 is 29.4 Å². The van der Waals surface area contributed by atoms with E-state index >= 15 is 0 Å². The van der Waals surface area contributed by atoms with Gasteiger partial charge in [-0.05, 0) is 49.8 Å². The van der Waals surface area contributed by atoms with Gasteiger partial charge in [-0.2, -0.15) is 18.3 Å². The molecule has 3 aliphatic rings. The van der Waals surface area contributed by atoms with Crippen molar-refractivity contribution in [2.45, 2.75) is 62.7 Å². The molecular formula is C24H26F3N5O3. The highest BCUT2D eigenvalue weighted by molar-refractivity contribution is 6.09. The molecule has 2 N–H and O–H groups in total. The van der Waals surface area contributed by atoms with Crippen molar-refractivity contribution in [2.75, 3.05) is 13.1 Å². The molecule has 4 amide bonds. The molecule has 1 spiro atoms. The fourth-order valence-electron chi connectivity index (χ4n) is 5.51. The van der Waals surface area contributed by atoms with E-state index in [2.05, 4.69) is 15.5 Å². The summed E-state index contributed by atoms with van der Waals surface area (Å²) in [5.41, 5.74) is 0.176. The Morgan fingerprint density at radius 2 is 1.80 bits per heavy atom. The van der Waals surface area contributed by atoms with E-state index in [9.17, 15) is 27.6 Å². The summed E-state index contributed by atoms with van der Waals surface area (Å²) in [5.74, 6) is -0.685. The van der Waals surface area contributed by atoms with Gasteiger partial charge in [0.05, 0.1) is 23.5 Å². The van der Waals surface area contributed by atoms with Gasteiger partial charge in [0.15, 0.2) is 0 Å². The Hall–Kier alpha value is -3.37. The van der Waals surface area contributed by atoms with Crippen LogP contribution in [0.4, 0.5) is 18.0 Å². The molecular weight excluding hydrogens is 463 g/mol. The normalized spacial score (nSPS) is 22.2. The Kier molecular flexibility index (Phi) is 5.80. The van der Waals surface area contributed by atoms with E-state index in [-0.39, 0.29) is 18.4 Å². The zero-order valence-electron chi connectivity index (χ0n) is 19.0. The molecule has 186 valence electrons. The van der Waals surface area contributed by atoms with Gasteiger partial charge in [0, 0.05) is 12.1 Å². The van der Waals surface area contributed by atoms with Crippen LogP contribution < -0.4 is 5.32 Å². The van der Waals surface area contributed by atoms with Crippen molar-refractivity contribution in [3.05, 3.63) is 41.7 Å². The number of amides is 4. The SMILES string of the molecule is O=C1NC2(CCCC2)C(=O)N1CC(=O)N1CCCCC1c1[nH]ncc1-c1ccc(C(F)(F)F)cc1. The van der Waals surface area contributed by atoms with E-state index in [1.54, 1.807) is 4.90 Å². The van der Waals surface area contributed by atoms with Crippen molar-refractivity contribution < 1.29 is 27.6 Å². The quantitative estimate of drug-likeness (QED) is 0.634. The molecule has 2 aromatic rings. The molecule has 11 heteroatoms. The molecule has 1 aromatic heterocycles. The van der Waals surface area contributed by atoms with Crippen LogP contribution in [0.2, 0.25) is 0 Å². The Bertz CT molecular complexity index is 1140. The van der Waals surface area contributed by atoms with Crippen LogP contribution in [0.1, 0.15) is 62.2 Å². The topological polar surface area (TPSA) is 98.4 Å². The molecule has 0 radical (unpaired) electrons. The number of piperidine rings is 1. The summed E-state index contributed by atoms with van der Waals surface area (Å²) in [6, 6.07) is 3.89. The molecule has 35 heavy (non-hydrogen) atoms. The molecule has 1 saturated carbocycles. The third kappa shape index (κ3) is 4.17. The lowest BCUT2D eigenvalue weighted by Crippen LogP contribution is -2.47. The minimum Gasteiger partial charge on any atom is -0.333 e. The molecule has 1 unspecified atom stereocenters. The number of hydrogen-bond donors (Lipinski definition) is 2. The van der Waals surface area contributed by atoms with Gasteiger partial charge < -0.3 is 10.2 Å². The summed E-state index contributed by atoms with van der Waals surface area (Å²) in [6.45, 7) is 0.108. The van der Waals surface area contributed by atoms with Crippen molar-refractivity contribution in [2.24, 2.45) is 0 Å². The summed E-state index contributed by atoms with van der Waals surface area (Å²) in [4.78, 5) is 41.5. The zero-order chi connectivity index (χ0) is 24.8. The van der Waals surface area contributed by atoms with Gasteiger partial charge in [-0.3, -0.25) is 19.6 Å². The third-order valence-corrected chi connectivity index (χ3v) is 7.34. The van der Waals surface area contributed by atoms with Crippen molar-refractivity contribution in [1.29, 1.82) is 0 Å². The van der Waals surface area contributed by atoms with Gasteiger partial charge in [0.2, 0.25) is 5.91 Å². The number of carbonyl (C=O) groups excluding carboxylic acids is 3. The number of likely N-dealkylation sites (tertiary alicyclic amines) is 1. The first-order valence-electron chi connectivity index (χ1n) is 11.8. The van der Waals surface area contributed by atoms with Crippen LogP contribution in [0.25, 0.3) is 11.1 Å². The predicted octanol–water partition coefficient (Wildman–Crippen LogP) is 4.01. The highest BCUT2D eigenvalue weighted by Gasteiger charge is 2.53. The maximum absolute atomic E-state index is 13.3. The molecule has 8 nitrogen and oxygen atoms in total. The maximum Gasteiger partial charge on any atom is 0.416 e. The van der Waals surface area contributed by atoms with Crippen LogP contribution in [0.15, 0.2) is 30.5 Å². The number of imide groups is 1. The molecule has 1 aliphatic carbocycles. The number of aromatic nitrogens is 2. The summed E-state index contributed by atoms with van der Waals surface area (Å²) >= 11 is 0. The van der Waals surface area contributed by atoms with Crippen LogP contribution in [-0.4, -0.2) is 56.5 Å². The summed E-state index contributed by atoms with van der Waals surface area (Å²) in [7, 11) is 0. The lowest BCUT2D eigenvalue weighted by Gasteiger charge is -2.36. The first-order chi connectivity index (χ1) is 16.7. The lowest BCUT2D eigenvalue weighted by molar-refractivity contribution is -0.141. The molecule has 2 saturated heterocycles. The number of benzene rings is 1. The number of carbonyl (C=O) groups is 3. The minimum absolute atomic E-state index is 0.339. The zero-order valence-corrected chi connectivity index (χ0v) is 19.0. The summed E-state index contributed by atoms with van der Waals surface area (Å²) in [5, 5.41) is 9.82. The van der Waals surface area contributed by atoms with Gasteiger partial charge in [0.25, 0.3) is 5.91 Å². The molecule has 2 aliphatic heterocycles. The van der Waals surface area contributed by atoms with Gasteiger partial charge in [-0.25, -0.2) is 4.79 Å². The maximum atomic E-state index is 13.3. The Morgan fingerprint density at radius 1 is 1.09 bits per heavy atom. The standard InChI is InChI=1S/C24H26F3N5O3/c25-24(26,27)16-8-6-15(7-9-16)17-13-28-30-20(17)18-5-1-4-12-31(18)19(33)14-32-21(34)23(29-22(32)35)10-2-3-11-23/h6-9,13,18H,1-5,10-12,14H2,(H,28,30)(H,29,35).